The Morgan fingerprint density at radius 3 is 2.67 bits per heavy atom. The maximum absolute atomic E-state index is 13.8. The Morgan fingerprint density at radius 1 is 1.15 bits per heavy atom. The fraction of sp³-hybridized carbons (Fsp3) is 0.357. The van der Waals surface area contributed by atoms with Crippen LogP contribution in [0, 0.1) is 11.6 Å². The lowest BCUT2D eigenvalue weighted by Crippen LogP contribution is -2.36. The average Bonchev–Trinajstić information content (AvgIpc) is 3.00. The number of halogens is 2. The molecule has 5 heterocycles. The highest BCUT2D eigenvalue weighted by Crippen LogP contribution is 2.30. The van der Waals surface area contributed by atoms with Crippen molar-refractivity contribution in [1.29, 1.82) is 0 Å². The lowest BCUT2D eigenvalue weighted by atomic mass is 10.1. The second-order valence-corrected chi connectivity index (χ2v) is 10.5. The van der Waals surface area contributed by atoms with Gasteiger partial charge < -0.3 is 18.9 Å². The molecule has 4 aromatic heterocycles. The number of carbonyl (C=O) groups excluding carboxylic acids is 1. The molecule has 204 valence electrons. The summed E-state index contributed by atoms with van der Waals surface area (Å²) in [6.07, 6.45) is 3.66. The van der Waals surface area contributed by atoms with Gasteiger partial charge in [0.15, 0.2) is 5.82 Å². The van der Waals surface area contributed by atoms with Crippen LogP contribution in [0.1, 0.15) is 44.1 Å². The molecule has 0 unspecified atom stereocenters. The van der Waals surface area contributed by atoms with Gasteiger partial charge in [-0.05, 0) is 51.8 Å². The molecule has 1 amide bonds. The summed E-state index contributed by atoms with van der Waals surface area (Å²) in [5.74, 6) is -0.963. The molecule has 0 N–H and O–H groups in total. The number of aryl methyl sites for hydroxylation is 1. The van der Waals surface area contributed by atoms with Gasteiger partial charge in [0.05, 0.1) is 12.7 Å². The van der Waals surface area contributed by atoms with E-state index in [1.165, 1.54) is 16.8 Å². The monoisotopic (exact) mass is 537 g/mol. The quantitative estimate of drug-likeness (QED) is 0.376. The van der Waals surface area contributed by atoms with Gasteiger partial charge in [0.1, 0.15) is 40.9 Å². The number of ether oxygens (including phenoxy) is 2. The van der Waals surface area contributed by atoms with Crippen molar-refractivity contribution in [3.63, 3.8) is 0 Å². The normalized spacial score (nSPS) is 13.7. The Balaban J connectivity index is 1.40. The molecule has 1 aliphatic rings. The van der Waals surface area contributed by atoms with Crippen LogP contribution in [-0.2, 0) is 31.4 Å². The van der Waals surface area contributed by atoms with Crippen LogP contribution in [0.25, 0.3) is 16.9 Å². The predicted molar refractivity (Wildman–Crippen MR) is 140 cm³/mol. The van der Waals surface area contributed by atoms with Crippen LogP contribution >= 0.6 is 0 Å². The van der Waals surface area contributed by atoms with Crippen molar-refractivity contribution in [3.05, 3.63) is 81.7 Å². The number of aromatic nitrogens is 4. The highest BCUT2D eigenvalue weighted by atomic mass is 19.1. The molecular weight excluding hydrogens is 508 g/mol. The molecule has 11 heteroatoms. The molecule has 0 aromatic carbocycles. The largest absolute Gasteiger partial charge is 0.487 e. The number of fused-ring (bicyclic) bond motifs is 3. The topological polar surface area (TPSA) is 91.5 Å². The molecule has 9 nitrogen and oxygen atoms in total. The summed E-state index contributed by atoms with van der Waals surface area (Å²) in [7, 11) is 1.93. The highest BCUT2D eigenvalue weighted by Gasteiger charge is 2.28. The minimum absolute atomic E-state index is 0.0681. The van der Waals surface area contributed by atoms with Gasteiger partial charge in [-0.3, -0.25) is 14.3 Å². The maximum Gasteiger partial charge on any atom is 0.410 e. The molecule has 1 aliphatic heterocycles. The van der Waals surface area contributed by atoms with Gasteiger partial charge in [-0.15, -0.1) is 0 Å². The van der Waals surface area contributed by atoms with Crippen LogP contribution in [0.15, 0.2) is 47.5 Å². The first-order valence-electron chi connectivity index (χ1n) is 12.6. The molecule has 0 saturated heterocycles. The predicted octanol–water partition coefficient (Wildman–Crippen LogP) is 4.66. The zero-order chi connectivity index (χ0) is 27.9. The van der Waals surface area contributed by atoms with Crippen LogP contribution in [-0.4, -0.2) is 42.2 Å². The second-order valence-electron chi connectivity index (χ2n) is 10.5. The molecule has 0 bridgehead atoms. The molecule has 0 radical (unpaired) electrons. The standard InChI is InChI=1S/C28H29F2N5O4/c1-28(2,3)39-27(37)34-10-5-6-23-20(15-34)19-7-8-24(32-26(19)33(23)4)35-11-9-18(13-25(35)36)38-16-22-21(30)12-17(29)14-31-22/h7-9,11-14H,5-6,10,15-16H2,1-4H3. The van der Waals surface area contributed by atoms with Crippen molar-refractivity contribution in [2.24, 2.45) is 7.05 Å². The number of nitrogens with zero attached hydrogens (tertiary/aromatic N) is 5. The summed E-state index contributed by atoms with van der Waals surface area (Å²) >= 11 is 0. The van der Waals surface area contributed by atoms with E-state index < -0.39 is 22.8 Å². The van der Waals surface area contributed by atoms with Crippen LogP contribution in [0.5, 0.6) is 5.75 Å². The SMILES string of the molecule is Cn1c2c(c3ccc(-n4ccc(OCc5ncc(F)cc5F)cc4=O)nc31)CN(C(=O)OC(C)(C)C)CCC2. The Kier molecular flexibility index (Phi) is 6.83. The van der Waals surface area contributed by atoms with Crippen LogP contribution in [0.4, 0.5) is 13.6 Å². The maximum atomic E-state index is 13.8. The molecule has 0 spiro atoms. The van der Waals surface area contributed by atoms with Crippen molar-refractivity contribution in [2.45, 2.75) is 52.4 Å². The van der Waals surface area contributed by atoms with Gasteiger partial charge in [0.2, 0.25) is 0 Å². The van der Waals surface area contributed by atoms with Gasteiger partial charge in [-0.1, -0.05) is 0 Å². The van der Waals surface area contributed by atoms with Crippen molar-refractivity contribution in [2.75, 3.05) is 6.54 Å². The Morgan fingerprint density at radius 2 is 1.95 bits per heavy atom. The van der Waals surface area contributed by atoms with Crippen LogP contribution in [0.3, 0.4) is 0 Å². The van der Waals surface area contributed by atoms with Crippen molar-refractivity contribution in [3.8, 4) is 11.6 Å². The van der Waals surface area contributed by atoms with Gasteiger partial charge in [0.25, 0.3) is 5.56 Å². The molecular formula is C28H29F2N5O4. The Bertz CT molecular complexity index is 1620. The molecule has 0 aliphatic carbocycles. The van der Waals surface area contributed by atoms with E-state index in [2.05, 4.69) is 4.98 Å². The minimum atomic E-state index is -0.823. The van der Waals surface area contributed by atoms with Crippen molar-refractivity contribution in [1.82, 2.24) is 24.0 Å². The number of hydrogen-bond donors (Lipinski definition) is 0. The minimum Gasteiger partial charge on any atom is -0.487 e. The molecule has 39 heavy (non-hydrogen) atoms. The van der Waals surface area contributed by atoms with E-state index >= 15 is 0 Å². The number of pyridine rings is 3. The van der Waals surface area contributed by atoms with Gasteiger partial charge in [0, 0.05) is 48.6 Å². The van der Waals surface area contributed by atoms with Gasteiger partial charge >= 0.3 is 6.09 Å². The van der Waals surface area contributed by atoms with E-state index in [1.54, 1.807) is 17.0 Å². The Hall–Kier alpha value is -4.28. The summed E-state index contributed by atoms with van der Waals surface area (Å²) < 4.78 is 41.4. The first-order chi connectivity index (χ1) is 18.5. The van der Waals surface area contributed by atoms with Crippen LogP contribution < -0.4 is 10.3 Å². The van der Waals surface area contributed by atoms with Gasteiger partial charge in [-0.25, -0.2) is 18.6 Å². The lowest BCUT2D eigenvalue weighted by molar-refractivity contribution is 0.0237. The average molecular weight is 538 g/mol. The van der Waals surface area contributed by atoms with Gasteiger partial charge in [-0.2, -0.15) is 0 Å². The lowest BCUT2D eigenvalue weighted by Gasteiger charge is -2.26. The summed E-state index contributed by atoms with van der Waals surface area (Å²) in [6.45, 7) is 6.31. The smallest absolute Gasteiger partial charge is 0.410 e. The summed E-state index contributed by atoms with van der Waals surface area (Å²) in [5.41, 5.74) is 1.78. The van der Waals surface area contributed by atoms with E-state index in [0.29, 0.717) is 24.6 Å². The van der Waals surface area contributed by atoms with Crippen LogP contribution in [0.2, 0.25) is 0 Å². The number of carbonyl (C=O) groups is 1. The fourth-order valence-corrected chi connectivity index (χ4v) is 4.67. The summed E-state index contributed by atoms with van der Waals surface area (Å²) in [6, 6.07) is 7.23. The second kappa shape index (κ2) is 10.1. The Labute approximate surface area is 223 Å². The van der Waals surface area contributed by atoms with Crippen molar-refractivity contribution >= 4 is 17.1 Å². The molecule has 0 saturated carbocycles. The number of amides is 1. The molecule has 4 aromatic rings. The highest BCUT2D eigenvalue weighted by molar-refractivity contribution is 5.84. The summed E-state index contributed by atoms with van der Waals surface area (Å²) in [5, 5.41) is 0.911. The third-order valence-electron chi connectivity index (χ3n) is 6.50. The van der Waals surface area contributed by atoms with E-state index in [9.17, 15) is 18.4 Å². The van der Waals surface area contributed by atoms with E-state index in [1.807, 2.05) is 38.5 Å². The van der Waals surface area contributed by atoms with Crippen molar-refractivity contribution < 1.29 is 23.0 Å². The third-order valence-corrected chi connectivity index (χ3v) is 6.50. The van der Waals surface area contributed by atoms with E-state index in [0.717, 1.165) is 41.7 Å². The van der Waals surface area contributed by atoms with E-state index in [4.69, 9.17) is 14.5 Å². The molecule has 0 atom stereocenters. The molecule has 5 rings (SSSR count). The number of hydrogen-bond acceptors (Lipinski definition) is 6. The first kappa shape index (κ1) is 26.3. The number of rotatable bonds is 4. The third kappa shape index (κ3) is 5.47. The fourth-order valence-electron chi connectivity index (χ4n) is 4.67. The molecule has 0 fully saturated rings. The van der Waals surface area contributed by atoms with E-state index in [-0.39, 0.29) is 24.1 Å². The summed E-state index contributed by atoms with van der Waals surface area (Å²) in [4.78, 5) is 35.8. The first-order valence-corrected chi connectivity index (χ1v) is 12.6. The zero-order valence-electron chi connectivity index (χ0n) is 22.2. The zero-order valence-corrected chi connectivity index (χ0v) is 22.2.